The standard InChI is InChI=1S/C22H20N4O4/c1-3-29-17-9-6-8-16(13-17)20-23-19(30-24-20)14-25-11-12-26(22(28)21(25)27)18-10-5-4-7-15(18)2/h4-13H,3,14H2,1-2H3. The number of aryl methyl sites for hydroxylation is 1. The molecule has 4 aromatic rings. The summed E-state index contributed by atoms with van der Waals surface area (Å²) in [6.45, 7) is 4.34. The maximum absolute atomic E-state index is 12.6. The molecule has 0 amide bonds. The monoisotopic (exact) mass is 404 g/mol. The quantitative estimate of drug-likeness (QED) is 0.459. The van der Waals surface area contributed by atoms with Crippen LogP contribution in [0.1, 0.15) is 18.4 Å². The van der Waals surface area contributed by atoms with Crippen molar-refractivity contribution in [2.45, 2.75) is 20.4 Å². The Labute approximate surface area is 172 Å². The zero-order valence-electron chi connectivity index (χ0n) is 16.6. The van der Waals surface area contributed by atoms with E-state index in [1.807, 2.05) is 56.3 Å². The van der Waals surface area contributed by atoms with Crippen molar-refractivity contribution in [2.75, 3.05) is 6.61 Å². The fourth-order valence-electron chi connectivity index (χ4n) is 3.13. The third kappa shape index (κ3) is 3.80. The molecule has 0 atom stereocenters. The normalized spacial score (nSPS) is 10.9. The molecule has 2 aromatic heterocycles. The second-order valence-electron chi connectivity index (χ2n) is 6.67. The van der Waals surface area contributed by atoms with Crippen LogP contribution in [-0.2, 0) is 6.54 Å². The molecule has 0 bridgehead atoms. The summed E-state index contributed by atoms with van der Waals surface area (Å²) in [4.78, 5) is 29.5. The Kier molecular flexibility index (Phi) is 5.30. The molecule has 0 N–H and O–H groups in total. The average Bonchev–Trinajstić information content (AvgIpc) is 3.22. The van der Waals surface area contributed by atoms with Crippen molar-refractivity contribution in [3.05, 3.63) is 93.1 Å². The van der Waals surface area contributed by atoms with Gasteiger partial charge in [0.2, 0.25) is 11.7 Å². The summed E-state index contributed by atoms with van der Waals surface area (Å²) >= 11 is 0. The Morgan fingerprint density at radius 2 is 1.87 bits per heavy atom. The Balaban J connectivity index is 1.61. The third-order valence-corrected chi connectivity index (χ3v) is 4.61. The minimum atomic E-state index is -0.668. The summed E-state index contributed by atoms with van der Waals surface area (Å²) in [7, 11) is 0. The third-order valence-electron chi connectivity index (χ3n) is 4.61. The van der Waals surface area contributed by atoms with Crippen LogP contribution in [0.4, 0.5) is 0 Å². The van der Waals surface area contributed by atoms with Gasteiger partial charge in [0.1, 0.15) is 12.3 Å². The fourth-order valence-corrected chi connectivity index (χ4v) is 3.13. The van der Waals surface area contributed by atoms with Gasteiger partial charge in [-0.05, 0) is 37.6 Å². The summed E-state index contributed by atoms with van der Waals surface area (Å²) < 4.78 is 13.4. The molecule has 0 unspecified atom stereocenters. The first-order chi connectivity index (χ1) is 14.6. The number of aromatic nitrogens is 4. The van der Waals surface area contributed by atoms with Gasteiger partial charge in [-0.25, -0.2) is 0 Å². The van der Waals surface area contributed by atoms with Crippen LogP contribution < -0.4 is 15.9 Å². The van der Waals surface area contributed by atoms with Gasteiger partial charge in [0.25, 0.3) is 0 Å². The molecule has 0 aliphatic carbocycles. The van der Waals surface area contributed by atoms with Gasteiger partial charge in [-0.3, -0.25) is 18.7 Å². The van der Waals surface area contributed by atoms with Gasteiger partial charge in [-0.1, -0.05) is 35.5 Å². The fraction of sp³-hybridized carbons (Fsp3) is 0.182. The molecule has 0 saturated carbocycles. The zero-order chi connectivity index (χ0) is 21.1. The lowest BCUT2D eigenvalue weighted by Crippen LogP contribution is -2.40. The summed E-state index contributed by atoms with van der Waals surface area (Å²) in [5.41, 5.74) is 0.988. The van der Waals surface area contributed by atoms with E-state index >= 15 is 0 Å². The van der Waals surface area contributed by atoms with Crippen LogP contribution in [0.15, 0.2) is 75.0 Å². The molecular weight excluding hydrogens is 384 g/mol. The molecule has 0 aliphatic heterocycles. The van der Waals surface area contributed by atoms with Crippen molar-refractivity contribution in [2.24, 2.45) is 0 Å². The van der Waals surface area contributed by atoms with Crippen LogP contribution in [0.3, 0.4) is 0 Å². The average molecular weight is 404 g/mol. The van der Waals surface area contributed by atoms with E-state index < -0.39 is 11.1 Å². The minimum absolute atomic E-state index is 0.000829. The lowest BCUT2D eigenvalue weighted by atomic mass is 10.2. The highest BCUT2D eigenvalue weighted by atomic mass is 16.5. The van der Waals surface area contributed by atoms with Crippen molar-refractivity contribution in [1.29, 1.82) is 0 Å². The Bertz CT molecular complexity index is 1300. The van der Waals surface area contributed by atoms with Crippen LogP contribution in [-0.4, -0.2) is 25.9 Å². The summed E-state index contributed by atoms with van der Waals surface area (Å²) in [5.74, 6) is 1.31. The molecule has 2 aromatic carbocycles. The first-order valence-electron chi connectivity index (χ1n) is 9.50. The summed E-state index contributed by atoms with van der Waals surface area (Å²) in [5, 5.41) is 3.97. The van der Waals surface area contributed by atoms with Crippen molar-refractivity contribution >= 4 is 0 Å². The number of nitrogens with zero attached hydrogens (tertiary/aromatic N) is 4. The molecule has 0 radical (unpaired) electrons. The number of hydrogen-bond acceptors (Lipinski definition) is 6. The zero-order valence-corrected chi connectivity index (χ0v) is 16.6. The van der Waals surface area contributed by atoms with E-state index in [9.17, 15) is 9.59 Å². The number of benzene rings is 2. The predicted octanol–water partition coefficient (Wildman–Crippen LogP) is 2.80. The lowest BCUT2D eigenvalue weighted by molar-refractivity contribution is 0.340. The number of ether oxygens (including phenoxy) is 1. The first-order valence-corrected chi connectivity index (χ1v) is 9.50. The summed E-state index contributed by atoms with van der Waals surface area (Å²) in [6.07, 6.45) is 3.10. The van der Waals surface area contributed by atoms with Crippen LogP contribution >= 0.6 is 0 Å². The molecule has 8 heteroatoms. The van der Waals surface area contributed by atoms with Gasteiger partial charge in [0.15, 0.2) is 0 Å². The van der Waals surface area contributed by atoms with Gasteiger partial charge in [0.05, 0.1) is 12.3 Å². The van der Waals surface area contributed by atoms with E-state index in [1.165, 1.54) is 15.3 Å². The van der Waals surface area contributed by atoms with E-state index in [0.29, 0.717) is 23.9 Å². The number of para-hydroxylation sites is 1. The van der Waals surface area contributed by atoms with E-state index in [-0.39, 0.29) is 12.4 Å². The predicted molar refractivity (Wildman–Crippen MR) is 111 cm³/mol. The van der Waals surface area contributed by atoms with Crippen molar-refractivity contribution in [1.82, 2.24) is 19.3 Å². The first kappa shape index (κ1) is 19.4. The van der Waals surface area contributed by atoms with Gasteiger partial charge >= 0.3 is 11.1 Å². The van der Waals surface area contributed by atoms with Crippen LogP contribution in [0, 0.1) is 6.92 Å². The molecule has 30 heavy (non-hydrogen) atoms. The molecule has 0 saturated heterocycles. The van der Waals surface area contributed by atoms with E-state index in [4.69, 9.17) is 9.26 Å². The maximum atomic E-state index is 12.6. The largest absolute Gasteiger partial charge is 0.494 e. The van der Waals surface area contributed by atoms with E-state index in [0.717, 1.165) is 11.1 Å². The summed E-state index contributed by atoms with van der Waals surface area (Å²) in [6, 6.07) is 14.7. The number of rotatable bonds is 6. The van der Waals surface area contributed by atoms with E-state index in [2.05, 4.69) is 10.1 Å². The highest BCUT2D eigenvalue weighted by Crippen LogP contribution is 2.21. The molecule has 0 fully saturated rings. The smallest absolute Gasteiger partial charge is 0.320 e. The van der Waals surface area contributed by atoms with Crippen LogP contribution in [0.2, 0.25) is 0 Å². The lowest BCUT2D eigenvalue weighted by Gasteiger charge is -2.09. The molecule has 152 valence electrons. The SMILES string of the molecule is CCOc1cccc(-c2noc(Cn3ccn(-c4ccccc4C)c(=O)c3=O)n2)c1. The van der Waals surface area contributed by atoms with Gasteiger partial charge < -0.3 is 9.26 Å². The maximum Gasteiger partial charge on any atom is 0.320 e. The molecule has 0 aliphatic rings. The van der Waals surface area contributed by atoms with Gasteiger partial charge in [0, 0.05) is 18.0 Å². The Hall–Kier alpha value is -3.94. The van der Waals surface area contributed by atoms with Gasteiger partial charge in [-0.2, -0.15) is 4.98 Å². The Morgan fingerprint density at radius 3 is 2.67 bits per heavy atom. The topological polar surface area (TPSA) is 92.2 Å². The molecule has 2 heterocycles. The highest BCUT2D eigenvalue weighted by molar-refractivity contribution is 5.56. The second kappa shape index (κ2) is 8.20. The van der Waals surface area contributed by atoms with E-state index in [1.54, 1.807) is 12.3 Å². The molecule has 8 nitrogen and oxygen atoms in total. The number of hydrogen-bond donors (Lipinski definition) is 0. The van der Waals surface area contributed by atoms with Crippen molar-refractivity contribution in [3.63, 3.8) is 0 Å². The molecule has 4 rings (SSSR count). The Morgan fingerprint density at radius 1 is 1.03 bits per heavy atom. The molecule has 0 spiro atoms. The highest BCUT2D eigenvalue weighted by Gasteiger charge is 2.13. The van der Waals surface area contributed by atoms with Crippen LogP contribution in [0.25, 0.3) is 17.1 Å². The van der Waals surface area contributed by atoms with Crippen LogP contribution in [0.5, 0.6) is 5.75 Å². The van der Waals surface area contributed by atoms with Crippen molar-refractivity contribution < 1.29 is 9.26 Å². The molecular formula is C22H20N4O4. The minimum Gasteiger partial charge on any atom is -0.494 e. The van der Waals surface area contributed by atoms with Crippen molar-refractivity contribution in [3.8, 4) is 22.8 Å². The van der Waals surface area contributed by atoms with Gasteiger partial charge in [-0.15, -0.1) is 0 Å². The second-order valence-corrected chi connectivity index (χ2v) is 6.67.